The van der Waals surface area contributed by atoms with Crippen LogP contribution in [0, 0.1) is 5.82 Å². The fourth-order valence-corrected chi connectivity index (χ4v) is 4.91. The number of benzene rings is 3. The molecule has 4 aromatic rings. The van der Waals surface area contributed by atoms with Crippen LogP contribution in [0.3, 0.4) is 0 Å². The monoisotopic (exact) mass is 456 g/mol. The lowest BCUT2D eigenvalue weighted by molar-refractivity contribution is -0.122. The van der Waals surface area contributed by atoms with Crippen molar-refractivity contribution < 1.29 is 14.0 Å². The topological polar surface area (TPSA) is 42.3 Å². The summed E-state index contributed by atoms with van der Waals surface area (Å²) in [6.07, 6.45) is 4.30. The first kappa shape index (κ1) is 21.2. The third kappa shape index (κ3) is 4.34. The second-order valence-corrected chi connectivity index (χ2v) is 8.88. The molecule has 0 atom stereocenters. The number of hydrogen-bond donors (Lipinski definition) is 0. The van der Waals surface area contributed by atoms with Crippen LogP contribution in [0.4, 0.5) is 9.18 Å². The highest BCUT2D eigenvalue weighted by atomic mass is 32.2. The number of thioether (sulfide) groups is 1. The number of nitrogens with zero attached hydrogens (tertiary/aromatic N) is 2. The molecule has 1 saturated heterocycles. The molecule has 1 aliphatic heterocycles. The molecule has 4 nitrogen and oxygen atoms in total. The van der Waals surface area contributed by atoms with Crippen molar-refractivity contribution in [2.45, 2.75) is 13.0 Å². The summed E-state index contributed by atoms with van der Waals surface area (Å²) in [6, 6.07) is 24.3. The fraction of sp³-hybridized carbons (Fsp3) is 0.111. The van der Waals surface area contributed by atoms with E-state index in [9.17, 15) is 14.0 Å². The average Bonchev–Trinajstić information content (AvgIpc) is 3.31. The van der Waals surface area contributed by atoms with Crippen LogP contribution in [0.1, 0.15) is 16.7 Å². The Balaban J connectivity index is 1.42. The molecule has 0 spiro atoms. The van der Waals surface area contributed by atoms with Gasteiger partial charge in [-0.1, -0.05) is 66.7 Å². The summed E-state index contributed by atoms with van der Waals surface area (Å²) in [7, 11) is 0. The molecule has 1 aliphatic rings. The van der Waals surface area contributed by atoms with Crippen molar-refractivity contribution >= 4 is 39.9 Å². The van der Waals surface area contributed by atoms with E-state index in [0.717, 1.165) is 33.8 Å². The van der Waals surface area contributed by atoms with Gasteiger partial charge in [-0.2, -0.15) is 0 Å². The summed E-state index contributed by atoms with van der Waals surface area (Å²) in [5.41, 5.74) is 3.44. The normalized spacial score (nSPS) is 15.2. The molecule has 5 rings (SSSR count). The molecule has 0 saturated carbocycles. The Bertz CT molecular complexity index is 1380. The van der Waals surface area contributed by atoms with Gasteiger partial charge in [0.25, 0.3) is 11.1 Å². The molecule has 2 amide bonds. The van der Waals surface area contributed by atoms with Crippen LogP contribution in [0.5, 0.6) is 0 Å². The zero-order valence-electron chi connectivity index (χ0n) is 17.8. The van der Waals surface area contributed by atoms with Crippen molar-refractivity contribution in [2.75, 3.05) is 6.54 Å². The van der Waals surface area contributed by atoms with Gasteiger partial charge in [-0.15, -0.1) is 0 Å². The Morgan fingerprint density at radius 1 is 0.879 bits per heavy atom. The van der Waals surface area contributed by atoms with Crippen molar-refractivity contribution in [3.05, 3.63) is 112 Å². The Kier molecular flexibility index (Phi) is 5.84. The van der Waals surface area contributed by atoms with Crippen molar-refractivity contribution in [2.24, 2.45) is 0 Å². The third-order valence-electron chi connectivity index (χ3n) is 5.75. The number of fused-ring (bicyclic) bond motifs is 1. The van der Waals surface area contributed by atoms with Crippen LogP contribution in [-0.4, -0.2) is 27.2 Å². The number of amides is 2. The number of aromatic nitrogens is 1. The summed E-state index contributed by atoms with van der Waals surface area (Å²) < 4.78 is 16.2. The number of rotatable bonds is 6. The average molecular weight is 457 g/mol. The zero-order chi connectivity index (χ0) is 22.8. The minimum absolute atomic E-state index is 0.253. The lowest BCUT2D eigenvalue weighted by atomic mass is 10.1. The largest absolute Gasteiger partial charge is 0.342 e. The molecule has 0 bridgehead atoms. The highest BCUT2D eigenvalue weighted by Crippen LogP contribution is 2.34. The predicted molar refractivity (Wildman–Crippen MR) is 130 cm³/mol. The van der Waals surface area contributed by atoms with Crippen molar-refractivity contribution in [1.29, 1.82) is 0 Å². The molecule has 1 aromatic heterocycles. The number of imide groups is 1. The maximum absolute atomic E-state index is 14.2. The first-order valence-corrected chi connectivity index (χ1v) is 11.5. The summed E-state index contributed by atoms with van der Waals surface area (Å²) >= 11 is 0.965. The maximum Gasteiger partial charge on any atom is 0.293 e. The molecule has 6 heteroatoms. The Hall–Kier alpha value is -3.64. The van der Waals surface area contributed by atoms with Gasteiger partial charge in [-0.3, -0.25) is 14.5 Å². The molecule has 33 heavy (non-hydrogen) atoms. The number of carbonyl (C=O) groups excluding carboxylic acids is 2. The second kappa shape index (κ2) is 9.08. The molecule has 0 N–H and O–H groups in total. The Morgan fingerprint density at radius 3 is 2.42 bits per heavy atom. The highest BCUT2D eigenvalue weighted by Gasteiger charge is 2.34. The van der Waals surface area contributed by atoms with Gasteiger partial charge in [0.15, 0.2) is 0 Å². The summed E-state index contributed by atoms with van der Waals surface area (Å²) in [6.45, 7) is 0.723. The summed E-state index contributed by atoms with van der Waals surface area (Å²) in [4.78, 5) is 27.2. The molecule has 0 aliphatic carbocycles. The molecule has 0 radical (unpaired) electrons. The van der Waals surface area contributed by atoms with Crippen LogP contribution in [-0.2, 0) is 17.8 Å². The van der Waals surface area contributed by atoms with E-state index in [4.69, 9.17) is 0 Å². The quantitative estimate of drug-likeness (QED) is 0.329. The highest BCUT2D eigenvalue weighted by molar-refractivity contribution is 8.18. The fourth-order valence-electron chi connectivity index (χ4n) is 4.05. The van der Waals surface area contributed by atoms with E-state index >= 15 is 0 Å². The van der Waals surface area contributed by atoms with Crippen LogP contribution in [0.25, 0.3) is 17.0 Å². The molecule has 1 fully saturated rings. The van der Waals surface area contributed by atoms with Crippen molar-refractivity contribution in [3.8, 4) is 0 Å². The lowest BCUT2D eigenvalue weighted by Crippen LogP contribution is -2.30. The van der Waals surface area contributed by atoms with E-state index in [2.05, 4.69) is 0 Å². The van der Waals surface area contributed by atoms with E-state index in [0.29, 0.717) is 30.0 Å². The van der Waals surface area contributed by atoms with Crippen molar-refractivity contribution in [3.63, 3.8) is 0 Å². The number of para-hydroxylation sites is 1. The summed E-state index contributed by atoms with van der Waals surface area (Å²) in [5, 5.41) is 0.696. The number of carbonyl (C=O) groups is 2. The molecule has 2 heterocycles. The molecule has 3 aromatic carbocycles. The van der Waals surface area contributed by atoms with Gasteiger partial charge < -0.3 is 4.57 Å². The first-order chi connectivity index (χ1) is 16.1. The summed E-state index contributed by atoms with van der Waals surface area (Å²) in [5.74, 6) is -0.525. The van der Waals surface area contributed by atoms with Gasteiger partial charge in [-0.25, -0.2) is 4.39 Å². The maximum atomic E-state index is 14.2. The third-order valence-corrected chi connectivity index (χ3v) is 6.65. The van der Waals surface area contributed by atoms with Gasteiger partial charge in [0.1, 0.15) is 5.82 Å². The predicted octanol–water partition coefficient (Wildman–Crippen LogP) is 6.11. The standard InChI is InChI=1S/C27H21FN2O2S/c28-23-12-6-4-10-20(23)17-29-18-21(22-11-5-7-13-24(22)29)16-25-26(31)30(27(32)33-25)15-14-19-8-2-1-3-9-19/h1-13,16,18H,14-15,17H2/b25-16-. The number of hydrogen-bond acceptors (Lipinski definition) is 3. The second-order valence-electron chi connectivity index (χ2n) is 7.89. The minimum Gasteiger partial charge on any atom is -0.342 e. The van der Waals surface area contributed by atoms with Gasteiger partial charge >= 0.3 is 0 Å². The SMILES string of the molecule is O=C1S/C(=C\c2cn(Cc3ccccc3F)c3ccccc23)C(=O)N1CCc1ccccc1. The van der Waals surface area contributed by atoms with E-state index < -0.39 is 0 Å². The van der Waals surface area contributed by atoms with E-state index in [1.54, 1.807) is 18.2 Å². The van der Waals surface area contributed by atoms with Gasteiger partial charge in [0, 0.05) is 34.8 Å². The van der Waals surface area contributed by atoms with Crippen LogP contribution in [0.2, 0.25) is 0 Å². The lowest BCUT2D eigenvalue weighted by Gasteiger charge is -2.12. The van der Waals surface area contributed by atoms with Gasteiger partial charge in [0.2, 0.25) is 0 Å². The molecule has 164 valence electrons. The molecule has 0 unspecified atom stereocenters. The smallest absolute Gasteiger partial charge is 0.293 e. The first-order valence-electron chi connectivity index (χ1n) is 10.7. The van der Waals surface area contributed by atoms with Gasteiger partial charge in [0.05, 0.1) is 11.4 Å². The van der Waals surface area contributed by atoms with Crippen LogP contribution >= 0.6 is 11.8 Å². The minimum atomic E-state index is -0.271. The molecular weight excluding hydrogens is 435 g/mol. The van der Waals surface area contributed by atoms with E-state index in [1.807, 2.05) is 71.4 Å². The van der Waals surface area contributed by atoms with E-state index in [1.165, 1.54) is 11.0 Å². The zero-order valence-corrected chi connectivity index (χ0v) is 18.6. The Labute approximate surface area is 195 Å². The Morgan fingerprint density at radius 2 is 1.61 bits per heavy atom. The van der Waals surface area contributed by atoms with Crippen molar-refractivity contribution in [1.82, 2.24) is 9.47 Å². The molecular formula is C27H21FN2O2S. The van der Waals surface area contributed by atoms with Crippen LogP contribution < -0.4 is 0 Å². The van der Waals surface area contributed by atoms with Gasteiger partial charge in [-0.05, 0) is 42.0 Å². The van der Waals surface area contributed by atoms with Crippen LogP contribution in [0.15, 0.2) is 90.0 Å². The number of halogens is 1. The van der Waals surface area contributed by atoms with E-state index in [-0.39, 0.29) is 17.0 Å².